The van der Waals surface area contributed by atoms with Gasteiger partial charge in [0.25, 0.3) is 0 Å². The predicted octanol–water partition coefficient (Wildman–Crippen LogP) is 3.72. The van der Waals surface area contributed by atoms with Crippen molar-refractivity contribution in [1.82, 2.24) is 0 Å². The summed E-state index contributed by atoms with van der Waals surface area (Å²) in [5.74, 6) is 0.0554. The summed E-state index contributed by atoms with van der Waals surface area (Å²) >= 11 is 6.20. The van der Waals surface area contributed by atoms with Crippen LogP contribution in [0, 0.1) is 0 Å². The topological polar surface area (TPSA) is 55.8 Å². The molecule has 2 rings (SSSR count). The Morgan fingerprint density at radius 2 is 1.70 bits per heavy atom. The van der Waals surface area contributed by atoms with E-state index in [4.69, 9.17) is 26.2 Å². The lowest BCUT2D eigenvalue weighted by atomic mass is 10.0. The normalized spacial score (nSPS) is 10.2. The number of benzene rings is 2. The van der Waals surface area contributed by atoms with E-state index in [1.54, 1.807) is 18.2 Å². The molecule has 2 aromatic rings. The van der Waals surface area contributed by atoms with Gasteiger partial charge in [-0.05, 0) is 29.8 Å². The van der Waals surface area contributed by atoms with Gasteiger partial charge in [0.05, 0.1) is 19.8 Å². The Morgan fingerprint density at radius 1 is 1.05 bits per heavy atom. The smallest absolute Gasteiger partial charge is 0.335 e. The molecule has 0 spiro atoms. The minimum Gasteiger partial charge on any atom is -0.495 e. The second-order valence-electron chi connectivity index (χ2n) is 4.05. The average Bonchev–Trinajstić information content (AvgIpc) is 2.47. The van der Waals surface area contributed by atoms with E-state index in [0.29, 0.717) is 16.5 Å². The van der Waals surface area contributed by atoms with Crippen LogP contribution in [0.1, 0.15) is 10.4 Å². The van der Waals surface area contributed by atoms with Gasteiger partial charge in [-0.2, -0.15) is 0 Å². The van der Waals surface area contributed by atoms with E-state index in [9.17, 15) is 4.79 Å². The molecular formula is C15H13ClO4. The molecule has 0 heterocycles. The van der Waals surface area contributed by atoms with Crippen molar-refractivity contribution in [2.75, 3.05) is 14.2 Å². The molecule has 0 bridgehead atoms. The predicted molar refractivity (Wildman–Crippen MR) is 77.0 cm³/mol. The van der Waals surface area contributed by atoms with E-state index in [2.05, 4.69) is 0 Å². The van der Waals surface area contributed by atoms with Crippen LogP contribution in [0.4, 0.5) is 0 Å². The highest BCUT2D eigenvalue weighted by atomic mass is 35.5. The quantitative estimate of drug-likeness (QED) is 0.933. The van der Waals surface area contributed by atoms with Crippen molar-refractivity contribution in [3.63, 3.8) is 0 Å². The van der Waals surface area contributed by atoms with Crippen molar-refractivity contribution < 1.29 is 19.4 Å². The number of rotatable bonds is 4. The maximum Gasteiger partial charge on any atom is 0.335 e. The lowest BCUT2D eigenvalue weighted by Gasteiger charge is -2.13. The lowest BCUT2D eigenvalue weighted by molar-refractivity contribution is 0.0697. The molecule has 0 saturated carbocycles. The van der Waals surface area contributed by atoms with Crippen LogP contribution in [-0.2, 0) is 0 Å². The molecule has 2 aromatic carbocycles. The molecule has 0 radical (unpaired) electrons. The standard InChI is InChI=1S/C15H13ClO4/c1-19-12-8-7-11(14(20-2)13(12)16)9-3-5-10(6-4-9)15(17)18/h3-8H,1-2H3,(H,17,18). The fourth-order valence-corrected chi connectivity index (χ4v) is 2.23. The van der Waals surface area contributed by atoms with Crippen molar-refractivity contribution in [2.24, 2.45) is 0 Å². The molecule has 104 valence electrons. The van der Waals surface area contributed by atoms with Crippen LogP contribution < -0.4 is 9.47 Å². The fraction of sp³-hybridized carbons (Fsp3) is 0.133. The third-order valence-electron chi connectivity index (χ3n) is 2.93. The molecular weight excluding hydrogens is 280 g/mol. The number of ether oxygens (including phenoxy) is 2. The molecule has 0 unspecified atom stereocenters. The van der Waals surface area contributed by atoms with E-state index in [1.807, 2.05) is 6.07 Å². The van der Waals surface area contributed by atoms with Crippen LogP contribution in [0.25, 0.3) is 11.1 Å². The number of carboxylic acid groups (broad SMARTS) is 1. The highest BCUT2D eigenvalue weighted by molar-refractivity contribution is 6.34. The zero-order valence-electron chi connectivity index (χ0n) is 11.0. The van der Waals surface area contributed by atoms with Gasteiger partial charge in [0.2, 0.25) is 0 Å². The zero-order chi connectivity index (χ0) is 14.7. The molecule has 0 amide bonds. The minimum atomic E-state index is -0.962. The highest BCUT2D eigenvalue weighted by Gasteiger charge is 2.14. The lowest BCUT2D eigenvalue weighted by Crippen LogP contribution is -1.96. The third kappa shape index (κ3) is 2.56. The molecule has 0 saturated heterocycles. The zero-order valence-corrected chi connectivity index (χ0v) is 11.8. The molecule has 0 aliphatic rings. The van der Waals surface area contributed by atoms with Crippen molar-refractivity contribution in [3.8, 4) is 22.6 Å². The first-order chi connectivity index (χ1) is 9.58. The van der Waals surface area contributed by atoms with Gasteiger partial charge in [0.15, 0.2) is 0 Å². The molecule has 1 N–H and O–H groups in total. The Kier molecular flexibility index (Phi) is 4.15. The minimum absolute atomic E-state index is 0.229. The van der Waals surface area contributed by atoms with Gasteiger partial charge in [0.1, 0.15) is 16.5 Å². The van der Waals surface area contributed by atoms with E-state index in [-0.39, 0.29) is 5.56 Å². The second-order valence-corrected chi connectivity index (χ2v) is 4.42. The van der Waals surface area contributed by atoms with Gasteiger partial charge in [-0.25, -0.2) is 4.79 Å². The molecule has 0 aliphatic heterocycles. The molecule has 0 fully saturated rings. The van der Waals surface area contributed by atoms with Gasteiger partial charge in [0, 0.05) is 5.56 Å². The summed E-state index contributed by atoms with van der Waals surface area (Å²) < 4.78 is 10.5. The number of carbonyl (C=O) groups is 1. The maximum absolute atomic E-state index is 10.8. The summed E-state index contributed by atoms with van der Waals surface area (Å²) in [5, 5.41) is 9.28. The van der Waals surface area contributed by atoms with Crippen molar-refractivity contribution in [3.05, 3.63) is 47.0 Å². The van der Waals surface area contributed by atoms with Crippen molar-refractivity contribution in [2.45, 2.75) is 0 Å². The SMILES string of the molecule is COc1ccc(-c2ccc(C(=O)O)cc2)c(OC)c1Cl. The molecule has 0 aromatic heterocycles. The Labute approximate surface area is 121 Å². The Bertz CT molecular complexity index is 635. The number of hydrogen-bond acceptors (Lipinski definition) is 3. The van der Waals surface area contributed by atoms with E-state index >= 15 is 0 Å². The molecule has 20 heavy (non-hydrogen) atoms. The van der Waals surface area contributed by atoms with Crippen LogP contribution in [0.15, 0.2) is 36.4 Å². The Hall–Kier alpha value is -2.20. The number of halogens is 1. The first kappa shape index (κ1) is 14.2. The van der Waals surface area contributed by atoms with Crippen LogP contribution in [-0.4, -0.2) is 25.3 Å². The van der Waals surface area contributed by atoms with Crippen LogP contribution >= 0.6 is 11.6 Å². The summed E-state index contributed by atoms with van der Waals surface area (Å²) in [7, 11) is 3.05. The van der Waals surface area contributed by atoms with Gasteiger partial charge in [-0.3, -0.25) is 0 Å². The third-order valence-corrected chi connectivity index (χ3v) is 3.29. The van der Waals surface area contributed by atoms with Crippen LogP contribution in [0.3, 0.4) is 0 Å². The maximum atomic E-state index is 10.8. The largest absolute Gasteiger partial charge is 0.495 e. The van der Waals surface area contributed by atoms with Crippen LogP contribution in [0.2, 0.25) is 5.02 Å². The van der Waals surface area contributed by atoms with Crippen molar-refractivity contribution >= 4 is 17.6 Å². The number of methoxy groups -OCH3 is 2. The van der Waals surface area contributed by atoms with Gasteiger partial charge >= 0.3 is 5.97 Å². The number of carboxylic acids is 1. The van der Waals surface area contributed by atoms with E-state index < -0.39 is 5.97 Å². The summed E-state index contributed by atoms with van der Waals surface area (Å²) in [6, 6.07) is 10.1. The first-order valence-electron chi connectivity index (χ1n) is 5.82. The summed E-state index contributed by atoms with van der Waals surface area (Å²) in [6.45, 7) is 0. The summed E-state index contributed by atoms with van der Waals surface area (Å²) in [4.78, 5) is 10.8. The fourth-order valence-electron chi connectivity index (χ4n) is 1.91. The Morgan fingerprint density at radius 3 is 2.20 bits per heavy atom. The van der Waals surface area contributed by atoms with Crippen LogP contribution in [0.5, 0.6) is 11.5 Å². The molecule has 0 aliphatic carbocycles. The van der Waals surface area contributed by atoms with E-state index in [1.165, 1.54) is 26.4 Å². The summed E-state index contributed by atoms with van der Waals surface area (Å²) in [6.07, 6.45) is 0. The summed E-state index contributed by atoms with van der Waals surface area (Å²) in [5.41, 5.74) is 1.82. The van der Waals surface area contributed by atoms with E-state index in [0.717, 1.165) is 11.1 Å². The molecule has 4 nitrogen and oxygen atoms in total. The average molecular weight is 293 g/mol. The van der Waals surface area contributed by atoms with Gasteiger partial charge in [-0.1, -0.05) is 23.7 Å². The molecule has 5 heteroatoms. The second kappa shape index (κ2) is 5.84. The number of aromatic carboxylic acids is 1. The van der Waals surface area contributed by atoms with Gasteiger partial charge in [-0.15, -0.1) is 0 Å². The highest BCUT2D eigenvalue weighted by Crippen LogP contribution is 2.41. The number of hydrogen-bond donors (Lipinski definition) is 1. The van der Waals surface area contributed by atoms with Gasteiger partial charge < -0.3 is 14.6 Å². The van der Waals surface area contributed by atoms with Crippen molar-refractivity contribution in [1.29, 1.82) is 0 Å². The molecule has 0 atom stereocenters. The Balaban J connectivity index is 2.52. The first-order valence-corrected chi connectivity index (χ1v) is 6.20. The monoisotopic (exact) mass is 292 g/mol.